The number of aliphatic hydroxyl groups excluding tert-OH is 1. The Kier molecular flexibility index (Phi) is 4.91. The van der Waals surface area contributed by atoms with Gasteiger partial charge < -0.3 is 10.0 Å². The van der Waals surface area contributed by atoms with Gasteiger partial charge in [0.05, 0.1) is 5.69 Å². The number of carbonyl (C=O) groups excluding carboxylic acids is 1. The van der Waals surface area contributed by atoms with E-state index in [0.29, 0.717) is 19.4 Å². The second kappa shape index (κ2) is 6.22. The van der Waals surface area contributed by atoms with E-state index >= 15 is 0 Å². The van der Waals surface area contributed by atoms with Crippen LogP contribution in [-0.4, -0.2) is 51.6 Å². The van der Waals surface area contributed by atoms with Gasteiger partial charge in [-0.3, -0.25) is 9.48 Å². The quantitative estimate of drug-likeness (QED) is 0.721. The van der Waals surface area contributed by atoms with Crippen molar-refractivity contribution in [2.75, 3.05) is 20.7 Å². The Hall–Kier alpha value is -1.43. The molecule has 0 aliphatic carbocycles. The van der Waals surface area contributed by atoms with Crippen molar-refractivity contribution < 1.29 is 9.90 Å². The Balaban J connectivity index is 2.29. The molecule has 0 unspecified atom stereocenters. The molecule has 1 rings (SSSR count). The van der Waals surface area contributed by atoms with Crippen molar-refractivity contribution in [2.24, 2.45) is 0 Å². The smallest absolute Gasteiger partial charge is 0.222 e. The Bertz CT molecular complexity index is 335. The minimum atomic E-state index is 0.0812. The van der Waals surface area contributed by atoms with Gasteiger partial charge in [-0.05, 0) is 6.42 Å². The van der Waals surface area contributed by atoms with Crippen molar-refractivity contribution in [3.63, 3.8) is 0 Å². The zero-order chi connectivity index (χ0) is 12.0. The molecule has 6 nitrogen and oxygen atoms in total. The van der Waals surface area contributed by atoms with Crippen LogP contribution < -0.4 is 0 Å². The fourth-order valence-electron chi connectivity index (χ4n) is 1.29. The lowest BCUT2D eigenvalue weighted by Gasteiger charge is -2.09. The number of hydrogen-bond donors (Lipinski definition) is 1. The first-order chi connectivity index (χ1) is 7.63. The molecule has 1 N–H and O–H groups in total. The maximum absolute atomic E-state index is 11.3. The number of aromatic nitrogens is 3. The molecule has 0 aliphatic heterocycles. The summed E-state index contributed by atoms with van der Waals surface area (Å²) in [6, 6.07) is 0. The highest BCUT2D eigenvalue weighted by Gasteiger charge is 2.04. The van der Waals surface area contributed by atoms with Crippen LogP contribution in [0.4, 0.5) is 0 Å². The van der Waals surface area contributed by atoms with Crippen LogP contribution in [0.15, 0.2) is 6.20 Å². The predicted octanol–water partition coefficient (Wildman–Crippen LogP) is -0.319. The molecule has 0 radical (unpaired) electrons. The van der Waals surface area contributed by atoms with E-state index in [0.717, 1.165) is 12.1 Å². The van der Waals surface area contributed by atoms with E-state index in [2.05, 4.69) is 10.3 Å². The van der Waals surface area contributed by atoms with Crippen molar-refractivity contribution in [1.82, 2.24) is 19.9 Å². The van der Waals surface area contributed by atoms with E-state index in [1.54, 1.807) is 29.9 Å². The predicted molar refractivity (Wildman–Crippen MR) is 58.7 cm³/mol. The van der Waals surface area contributed by atoms with Crippen molar-refractivity contribution in [3.8, 4) is 0 Å². The van der Waals surface area contributed by atoms with Crippen LogP contribution in [0.3, 0.4) is 0 Å². The molecule has 90 valence electrons. The fraction of sp³-hybridized carbons (Fsp3) is 0.700. The van der Waals surface area contributed by atoms with Crippen molar-refractivity contribution >= 4 is 5.91 Å². The molecule has 1 aromatic heterocycles. The van der Waals surface area contributed by atoms with Gasteiger partial charge >= 0.3 is 0 Å². The summed E-state index contributed by atoms with van der Waals surface area (Å²) in [5.41, 5.74) is 0.779. The van der Waals surface area contributed by atoms with Gasteiger partial charge in [-0.2, -0.15) is 0 Å². The molecule has 0 fully saturated rings. The van der Waals surface area contributed by atoms with E-state index in [1.807, 2.05) is 0 Å². The molecule has 0 saturated heterocycles. The van der Waals surface area contributed by atoms with Gasteiger partial charge in [0.25, 0.3) is 0 Å². The molecule has 0 aromatic carbocycles. The first-order valence-electron chi connectivity index (χ1n) is 5.33. The number of aryl methyl sites for hydroxylation is 1. The molecule has 1 aromatic rings. The third-order valence-corrected chi connectivity index (χ3v) is 2.23. The molecule has 0 atom stereocenters. The Labute approximate surface area is 94.9 Å². The lowest BCUT2D eigenvalue weighted by molar-refractivity contribution is -0.128. The van der Waals surface area contributed by atoms with Gasteiger partial charge in [0, 0.05) is 46.3 Å². The van der Waals surface area contributed by atoms with Crippen molar-refractivity contribution in [1.29, 1.82) is 0 Å². The first kappa shape index (κ1) is 12.6. The highest BCUT2D eigenvalue weighted by atomic mass is 16.3. The summed E-state index contributed by atoms with van der Waals surface area (Å²) in [6.45, 7) is 0.760. The lowest BCUT2D eigenvalue weighted by Crippen LogP contribution is -2.21. The SMILES string of the molecule is CN(C)C(=O)CCCn1cc(CCO)nn1. The average molecular weight is 226 g/mol. The largest absolute Gasteiger partial charge is 0.396 e. The van der Waals surface area contributed by atoms with Crippen LogP contribution in [-0.2, 0) is 17.8 Å². The number of nitrogens with zero attached hydrogens (tertiary/aromatic N) is 4. The van der Waals surface area contributed by atoms with Crippen LogP contribution in [0, 0.1) is 0 Å². The van der Waals surface area contributed by atoms with Gasteiger partial charge in [-0.1, -0.05) is 5.21 Å². The Morgan fingerprint density at radius 3 is 2.94 bits per heavy atom. The van der Waals surface area contributed by atoms with E-state index in [9.17, 15) is 4.79 Å². The van der Waals surface area contributed by atoms with Gasteiger partial charge in [0.2, 0.25) is 5.91 Å². The highest BCUT2D eigenvalue weighted by Crippen LogP contribution is 1.99. The molecule has 0 aliphatic rings. The third-order valence-electron chi connectivity index (χ3n) is 2.23. The standard InChI is InChI=1S/C10H18N4O2/c1-13(2)10(16)4-3-6-14-8-9(5-7-15)11-12-14/h8,15H,3-7H2,1-2H3. The lowest BCUT2D eigenvalue weighted by atomic mass is 10.3. The van der Waals surface area contributed by atoms with E-state index in [-0.39, 0.29) is 12.5 Å². The van der Waals surface area contributed by atoms with Crippen LogP contribution in [0.2, 0.25) is 0 Å². The molecule has 0 spiro atoms. The molecule has 0 saturated carbocycles. The van der Waals surface area contributed by atoms with E-state index in [1.165, 1.54) is 0 Å². The number of rotatable bonds is 6. The molecule has 6 heteroatoms. The maximum atomic E-state index is 11.3. The van der Waals surface area contributed by atoms with Crippen LogP contribution in [0.1, 0.15) is 18.5 Å². The number of carbonyl (C=O) groups is 1. The Morgan fingerprint density at radius 1 is 1.56 bits per heavy atom. The van der Waals surface area contributed by atoms with Crippen molar-refractivity contribution in [3.05, 3.63) is 11.9 Å². The molecule has 1 amide bonds. The van der Waals surface area contributed by atoms with Gasteiger partial charge in [0.1, 0.15) is 0 Å². The normalized spacial score (nSPS) is 10.4. The van der Waals surface area contributed by atoms with Gasteiger partial charge in [-0.25, -0.2) is 0 Å². The topological polar surface area (TPSA) is 71.2 Å². The molecule has 0 bridgehead atoms. The van der Waals surface area contributed by atoms with Crippen molar-refractivity contribution in [2.45, 2.75) is 25.8 Å². The summed E-state index contributed by atoms with van der Waals surface area (Å²) in [5.74, 6) is 0.121. The van der Waals surface area contributed by atoms with Crippen LogP contribution in [0.5, 0.6) is 0 Å². The first-order valence-corrected chi connectivity index (χ1v) is 5.33. The fourth-order valence-corrected chi connectivity index (χ4v) is 1.29. The number of amides is 1. The number of aliphatic hydroxyl groups is 1. The summed E-state index contributed by atoms with van der Waals surface area (Å²) in [5, 5.41) is 16.5. The maximum Gasteiger partial charge on any atom is 0.222 e. The zero-order valence-electron chi connectivity index (χ0n) is 9.76. The molecular weight excluding hydrogens is 208 g/mol. The van der Waals surface area contributed by atoms with Gasteiger partial charge in [0.15, 0.2) is 0 Å². The third kappa shape index (κ3) is 3.98. The Morgan fingerprint density at radius 2 is 2.31 bits per heavy atom. The van der Waals surface area contributed by atoms with Crippen LogP contribution in [0.25, 0.3) is 0 Å². The molecule has 1 heterocycles. The summed E-state index contributed by atoms with van der Waals surface area (Å²) in [4.78, 5) is 12.9. The summed E-state index contributed by atoms with van der Waals surface area (Å²) >= 11 is 0. The van der Waals surface area contributed by atoms with Crippen LogP contribution >= 0.6 is 0 Å². The monoisotopic (exact) mass is 226 g/mol. The minimum absolute atomic E-state index is 0.0812. The zero-order valence-corrected chi connectivity index (χ0v) is 9.76. The summed E-state index contributed by atoms with van der Waals surface area (Å²) in [6.07, 6.45) is 3.59. The van der Waals surface area contributed by atoms with E-state index in [4.69, 9.17) is 5.11 Å². The average Bonchev–Trinajstić information content (AvgIpc) is 2.66. The van der Waals surface area contributed by atoms with Gasteiger partial charge in [-0.15, -0.1) is 5.10 Å². The summed E-state index contributed by atoms with van der Waals surface area (Å²) < 4.78 is 1.70. The number of hydrogen-bond acceptors (Lipinski definition) is 4. The second-order valence-corrected chi connectivity index (χ2v) is 3.84. The van der Waals surface area contributed by atoms with E-state index < -0.39 is 0 Å². The highest BCUT2D eigenvalue weighted by molar-refractivity contribution is 5.75. The molecular formula is C10H18N4O2. The molecule has 16 heavy (non-hydrogen) atoms. The minimum Gasteiger partial charge on any atom is -0.396 e. The second-order valence-electron chi connectivity index (χ2n) is 3.84. The summed E-state index contributed by atoms with van der Waals surface area (Å²) in [7, 11) is 3.49.